The van der Waals surface area contributed by atoms with E-state index in [2.05, 4.69) is 5.32 Å². The lowest BCUT2D eigenvalue weighted by Crippen LogP contribution is -2.14. The number of hydrogen-bond acceptors (Lipinski definition) is 2. The van der Waals surface area contributed by atoms with Gasteiger partial charge in [0.25, 0.3) is 0 Å². The maximum absolute atomic E-state index is 14.3. The van der Waals surface area contributed by atoms with Crippen LogP contribution in [0.1, 0.15) is 42.0 Å². The van der Waals surface area contributed by atoms with Crippen LogP contribution in [-0.2, 0) is 11.2 Å². The van der Waals surface area contributed by atoms with E-state index in [1.165, 1.54) is 6.07 Å². The molecule has 1 aliphatic heterocycles. The lowest BCUT2D eigenvalue weighted by Gasteiger charge is -2.15. The summed E-state index contributed by atoms with van der Waals surface area (Å²) in [6.07, 6.45) is 1.28. The van der Waals surface area contributed by atoms with Gasteiger partial charge in [-0.15, -0.1) is 0 Å². The summed E-state index contributed by atoms with van der Waals surface area (Å²) in [5, 5.41) is 2.63. The smallest absolute Gasteiger partial charge is 0.232 e. The van der Waals surface area contributed by atoms with E-state index < -0.39 is 5.82 Å². The molecule has 3 rings (SSSR count). The molecular weight excluding hydrogens is 279 g/mol. The van der Waals surface area contributed by atoms with Crippen LogP contribution in [0.4, 0.5) is 10.1 Å². The molecule has 0 aromatic heterocycles. The summed E-state index contributed by atoms with van der Waals surface area (Å²) in [4.78, 5) is 11.9. The molecule has 0 saturated carbocycles. The van der Waals surface area contributed by atoms with E-state index in [4.69, 9.17) is 5.73 Å². The number of anilines is 1. The Bertz CT molecular complexity index is 700. The molecule has 1 amide bonds. The number of nitrogens with one attached hydrogen (secondary N) is 1. The van der Waals surface area contributed by atoms with Gasteiger partial charge in [-0.3, -0.25) is 4.79 Å². The van der Waals surface area contributed by atoms with Gasteiger partial charge in [-0.25, -0.2) is 4.39 Å². The average Bonchev–Trinajstić information content (AvgIpc) is 2.84. The van der Waals surface area contributed by atoms with Crippen LogP contribution in [0.25, 0.3) is 0 Å². The Kier molecular flexibility index (Phi) is 3.94. The minimum atomic E-state index is -0.402. The molecule has 4 heteroatoms. The molecule has 2 unspecified atom stereocenters. The molecular formula is C18H19FN2O. The van der Waals surface area contributed by atoms with Crippen LogP contribution in [-0.4, -0.2) is 5.91 Å². The van der Waals surface area contributed by atoms with Gasteiger partial charge in [-0.05, 0) is 35.6 Å². The van der Waals surface area contributed by atoms with Gasteiger partial charge in [0.05, 0.1) is 11.6 Å². The fourth-order valence-electron chi connectivity index (χ4n) is 3.01. The van der Waals surface area contributed by atoms with Gasteiger partial charge in [0.1, 0.15) is 5.82 Å². The largest absolute Gasteiger partial charge is 0.324 e. The number of amides is 1. The number of carbonyl (C=O) groups excluding carboxylic acids is 1. The minimum absolute atomic E-state index is 0.134. The number of carbonyl (C=O) groups is 1. The summed E-state index contributed by atoms with van der Waals surface area (Å²) in [5.74, 6) is -0.820. The Morgan fingerprint density at radius 1 is 1.27 bits per heavy atom. The monoisotopic (exact) mass is 298 g/mol. The van der Waals surface area contributed by atoms with Crippen molar-refractivity contribution >= 4 is 11.6 Å². The lowest BCUT2D eigenvalue weighted by atomic mass is 9.92. The quantitative estimate of drug-likeness (QED) is 0.907. The first-order valence-electron chi connectivity index (χ1n) is 7.54. The van der Waals surface area contributed by atoms with Gasteiger partial charge in [0.2, 0.25) is 5.91 Å². The SMILES string of the molecule is CCC1C(=O)Nc2c(F)cc(C(N)Cc3ccccc3)cc21. The van der Waals surface area contributed by atoms with Crippen molar-refractivity contribution in [1.82, 2.24) is 0 Å². The van der Waals surface area contributed by atoms with E-state index in [0.29, 0.717) is 18.5 Å². The third-order valence-electron chi connectivity index (χ3n) is 4.22. The first kappa shape index (κ1) is 14.7. The number of halogens is 1. The maximum Gasteiger partial charge on any atom is 0.232 e. The van der Waals surface area contributed by atoms with Crippen molar-refractivity contribution in [3.63, 3.8) is 0 Å². The van der Waals surface area contributed by atoms with E-state index in [-0.39, 0.29) is 17.9 Å². The van der Waals surface area contributed by atoms with Crippen molar-refractivity contribution in [3.05, 3.63) is 65.0 Å². The van der Waals surface area contributed by atoms with Crippen LogP contribution < -0.4 is 11.1 Å². The summed E-state index contributed by atoms with van der Waals surface area (Å²) in [6.45, 7) is 1.92. The van der Waals surface area contributed by atoms with Gasteiger partial charge in [-0.1, -0.05) is 43.3 Å². The highest BCUT2D eigenvalue weighted by Gasteiger charge is 2.32. The Labute approximate surface area is 129 Å². The molecule has 3 nitrogen and oxygen atoms in total. The molecule has 0 spiro atoms. The zero-order valence-electron chi connectivity index (χ0n) is 12.5. The standard InChI is InChI=1S/C18H19FN2O/c1-2-13-14-9-12(10-15(19)17(14)21-18(13)22)16(20)8-11-6-4-3-5-7-11/h3-7,9-10,13,16H,2,8,20H2,1H3,(H,21,22). The zero-order valence-corrected chi connectivity index (χ0v) is 12.5. The van der Waals surface area contributed by atoms with Crippen molar-refractivity contribution in [2.45, 2.75) is 31.7 Å². The fraction of sp³-hybridized carbons (Fsp3) is 0.278. The molecule has 22 heavy (non-hydrogen) atoms. The van der Waals surface area contributed by atoms with Crippen LogP contribution in [0.5, 0.6) is 0 Å². The van der Waals surface area contributed by atoms with Crippen molar-refractivity contribution in [1.29, 1.82) is 0 Å². The summed E-state index contributed by atoms with van der Waals surface area (Å²) < 4.78 is 14.3. The van der Waals surface area contributed by atoms with Gasteiger partial charge in [0, 0.05) is 6.04 Å². The number of hydrogen-bond donors (Lipinski definition) is 2. The Balaban J connectivity index is 1.91. The van der Waals surface area contributed by atoms with Crippen molar-refractivity contribution in [2.24, 2.45) is 5.73 Å². The fourth-order valence-corrected chi connectivity index (χ4v) is 3.01. The summed E-state index contributed by atoms with van der Waals surface area (Å²) in [6, 6.07) is 12.9. The van der Waals surface area contributed by atoms with Gasteiger partial charge < -0.3 is 11.1 Å². The first-order valence-corrected chi connectivity index (χ1v) is 7.54. The molecule has 0 saturated heterocycles. The van der Waals surface area contributed by atoms with Crippen LogP contribution >= 0.6 is 0 Å². The maximum atomic E-state index is 14.3. The van der Waals surface area contributed by atoms with Gasteiger partial charge >= 0.3 is 0 Å². The number of benzene rings is 2. The van der Waals surface area contributed by atoms with E-state index in [1.807, 2.05) is 43.3 Å². The summed E-state index contributed by atoms with van der Waals surface area (Å²) in [5.41, 5.74) is 9.12. The molecule has 0 bridgehead atoms. The molecule has 0 radical (unpaired) electrons. The van der Waals surface area contributed by atoms with Crippen molar-refractivity contribution in [3.8, 4) is 0 Å². The highest BCUT2D eigenvalue weighted by Crippen LogP contribution is 2.38. The first-order chi connectivity index (χ1) is 10.6. The second-order valence-electron chi connectivity index (χ2n) is 5.71. The second-order valence-corrected chi connectivity index (χ2v) is 5.71. The highest BCUT2D eigenvalue weighted by molar-refractivity contribution is 6.03. The van der Waals surface area contributed by atoms with Crippen LogP contribution in [0.15, 0.2) is 42.5 Å². The predicted molar refractivity (Wildman–Crippen MR) is 85.1 cm³/mol. The van der Waals surface area contributed by atoms with Crippen LogP contribution in [0, 0.1) is 5.82 Å². The van der Waals surface area contributed by atoms with E-state index >= 15 is 0 Å². The zero-order chi connectivity index (χ0) is 15.7. The summed E-state index contributed by atoms with van der Waals surface area (Å²) >= 11 is 0. The molecule has 3 N–H and O–H groups in total. The van der Waals surface area contributed by atoms with Gasteiger partial charge in [-0.2, -0.15) is 0 Å². The second kappa shape index (κ2) is 5.89. The summed E-state index contributed by atoms with van der Waals surface area (Å²) in [7, 11) is 0. The molecule has 1 aliphatic rings. The lowest BCUT2D eigenvalue weighted by molar-refractivity contribution is -0.117. The molecule has 0 fully saturated rings. The Morgan fingerprint density at radius 3 is 2.68 bits per heavy atom. The molecule has 2 atom stereocenters. The van der Waals surface area contributed by atoms with E-state index in [9.17, 15) is 9.18 Å². The molecule has 2 aromatic carbocycles. The number of nitrogens with two attached hydrogens (primary N) is 1. The molecule has 1 heterocycles. The molecule has 114 valence electrons. The third kappa shape index (κ3) is 2.62. The Morgan fingerprint density at radius 2 is 2.00 bits per heavy atom. The molecule has 0 aliphatic carbocycles. The highest BCUT2D eigenvalue weighted by atomic mass is 19.1. The van der Waals surface area contributed by atoms with Crippen molar-refractivity contribution < 1.29 is 9.18 Å². The topological polar surface area (TPSA) is 55.1 Å². The van der Waals surface area contributed by atoms with Crippen LogP contribution in [0.3, 0.4) is 0 Å². The van der Waals surface area contributed by atoms with Gasteiger partial charge in [0.15, 0.2) is 0 Å². The predicted octanol–water partition coefficient (Wildman–Crippen LogP) is 3.51. The number of rotatable bonds is 4. The van der Waals surface area contributed by atoms with Crippen molar-refractivity contribution in [2.75, 3.05) is 5.32 Å². The van der Waals surface area contributed by atoms with Crippen LogP contribution in [0.2, 0.25) is 0 Å². The molecule has 2 aromatic rings. The third-order valence-corrected chi connectivity index (χ3v) is 4.22. The normalized spacial score (nSPS) is 18.0. The minimum Gasteiger partial charge on any atom is -0.324 e. The van der Waals surface area contributed by atoms with E-state index in [1.54, 1.807) is 0 Å². The Hall–Kier alpha value is -2.20. The number of fused-ring (bicyclic) bond motifs is 1. The van der Waals surface area contributed by atoms with E-state index in [0.717, 1.165) is 16.7 Å². The average molecular weight is 298 g/mol.